The van der Waals surface area contributed by atoms with Gasteiger partial charge >= 0.3 is 92.7 Å². The maximum atomic E-state index is 11.4. The minimum atomic E-state index is -0.462. The third kappa shape index (κ3) is 2.54. The second-order valence-corrected chi connectivity index (χ2v) is 4.59. The average molecular weight is 305 g/mol. The molecule has 4 heteroatoms. The van der Waals surface area contributed by atoms with Gasteiger partial charge in [-0.05, 0) is 0 Å². The van der Waals surface area contributed by atoms with Gasteiger partial charge in [-0.3, -0.25) is 0 Å². The number of carbonyl (C=O) groups excluding carboxylic acids is 2. The minimum absolute atomic E-state index is 0.134. The summed E-state index contributed by atoms with van der Waals surface area (Å²) >= 11 is -0.462. The van der Waals surface area contributed by atoms with Crippen molar-refractivity contribution < 1.29 is 35.5 Å². The number of carbonyl (C=O) groups is 2. The van der Waals surface area contributed by atoms with Crippen LogP contribution in [0.3, 0.4) is 0 Å². The van der Waals surface area contributed by atoms with Gasteiger partial charge in [0.15, 0.2) is 0 Å². The van der Waals surface area contributed by atoms with Gasteiger partial charge in [0, 0.05) is 0 Å². The van der Waals surface area contributed by atoms with Crippen LogP contribution in [-0.2, 0) is 4.74 Å². The molecular formula is C10H10IO3-. The molecule has 0 unspecified atom stereocenters. The Kier molecular flexibility index (Phi) is 4.06. The molecule has 1 rings (SSSR count). The Hall–Kier alpha value is -0.910. The van der Waals surface area contributed by atoms with E-state index in [1.807, 2.05) is 4.93 Å². The molecule has 0 heterocycles. The van der Waals surface area contributed by atoms with Crippen molar-refractivity contribution in [3.8, 4) is 0 Å². The van der Waals surface area contributed by atoms with E-state index in [0.29, 0.717) is 11.1 Å². The number of hydrogen-bond acceptors (Lipinski definition) is 3. The normalized spacial score (nSPS) is 9.86. The van der Waals surface area contributed by atoms with Crippen LogP contribution >= 0.6 is 0 Å². The van der Waals surface area contributed by atoms with Gasteiger partial charge in [-0.2, -0.15) is 0 Å². The summed E-state index contributed by atoms with van der Waals surface area (Å²) in [7, 11) is 1.32. The summed E-state index contributed by atoms with van der Waals surface area (Å²) in [6.45, 7) is 0. The van der Waals surface area contributed by atoms with E-state index in [4.69, 9.17) is 0 Å². The molecule has 0 bridgehead atoms. The van der Waals surface area contributed by atoms with Crippen LogP contribution in [0.4, 0.5) is 0 Å². The van der Waals surface area contributed by atoms with E-state index >= 15 is 0 Å². The summed E-state index contributed by atoms with van der Waals surface area (Å²) in [5.41, 5.74) is 1.03. The Morgan fingerprint density at radius 2 is 1.93 bits per heavy atom. The first-order valence-corrected chi connectivity index (χ1v) is 7.15. The Balaban J connectivity index is 3.01. The molecule has 0 aromatic heterocycles. The summed E-state index contributed by atoms with van der Waals surface area (Å²) in [6, 6.07) is 6.63. The molecule has 0 aliphatic carbocycles. The van der Waals surface area contributed by atoms with Gasteiger partial charge in [-0.1, -0.05) is 0 Å². The van der Waals surface area contributed by atoms with Gasteiger partial charge in [-0.15, -0.1) is 0 Å². The van der Waals surface area contributed by atoms with E-state index in [2.05, 4.69) is 4.74 Å². The Morgan fingerprint density at radius 3 is 2.50 bits per heavy atom. The summed E-state index contributed by atoms with van der Waals surface area (Å²) in [5.74, 6) is -0.408. The number of esters is 1. The Morgan fingerprint density at radius 1 is 1.29 bits per heavy atom. The summed E-state index contributed by atoms with van der Waals surface area (Å²) in [6.07, 6.45) is 0. The first-order chi connectivity index (χ1) is 6.69. The molecule has 0 spiro atoms. The number of rotatable bonds is 3. The molecule has 0 radical (unpaired) electrons. The van der Waals surface area contributed by atoms with Crippen LogP contribution in [0.5, 0.6) is 0 Å². The van der Waals surface area contributed by atoms with Crippen LogP contribution in [0.1, 0.15) is 20.7 Å². The molecule has 0 saturated carbocycles. The van der Waals surface area contributed by atoms with Gasteiger partial charge in [-0.25, -0.2) is 0 Å². The van der Waals surface area contributed by atoms with Crippen molar-refractivity contribution in [1.82, 2.24) is 0 Å². The number of hydrogen-bond donors (Lipinski definition) is 0. The first-order valence-electron chi connectivity index (χ1n) is 3.91. The molecule has 0 amide bonds. The zero-order valence-electron chi connectivity index (χ0n) is 7.91. The van der Waals surface area contributed by atoms with Crippen molar-refractivity contribution in [2.75, 3.05) is 12.0 Å². The molecule has 14 heavy (non-hydrogen) atoms. The van der Waals surface area contributed by atoms with Gasteiger partial charge in [0.1, 0.15) is 0 Å². The van der Waals surface area contributed by atoms with E-state index in [9.17, 15) is 9.59 Å². The monoisotopic (exact) mass is 305 g/mol. The van der Waals surface area contributed by atoms with E-state index in [-0.39, 0.29) is 3.79 Å². The van der Waals surface area contributed by atoms with Crippen molar-refractivity contribution >= 4 is 9.76 Å². The molecule has 3 nitrogen and oxygen atoms in total. The summed E-state index contributed by atoms with van der Waals surface area (Å²) in [5, 5.41) is 0. The van der Waals surface area contributed by atoms with Gasteiger partial charge < -0.3 is 0 Å². The van der Waals surface area contributed by atoms with Crippen LogP contribution in [0.15, 0.2) is 24.3 Å². The van der Waals surface area contributed by atoms with E-state index in [1.54, 1.807) is 24.3 Å². The fourth-order valence-electron chi connectivity index (χ4n) is 0.995. The fourth-order valence-corrected chi connectivity index (χ4v) is 1.95. The van der Waals surface area contributed by atoms with Gasteiger partial charge in [0.05, 0.1) is 0 Å². The van der Waals surface area contributed by atoms with E-state index in [0.717, 1.165) is 0 Å². The van der Waals surface area contributed by atoms with Crippen LogP contribution in [-0.4, -0.2) is 21.8 Å². The fraction of sp³-hybridized carbons (Fsp3) is 0.200. The molecule has 0 N–H and O–H groups in total. The SMILES string of the molecule is COC(=O)c1cccc(C(=O)[I-]C)c1. The number of alkyl halides is 1. The average Bonchev–Trinajstić information content (AvgIpc) is 2.27. The predicted octanol–water partition coefficient (Wildman–Crippen LogP) is -1.67. The second kappa shape index (κ2) is 5.09. The van der Waals surface area contributed by atoms with Crippen molar-refractivity contribution in [3.05, 3.63) is 35.4 Å². The Bertz CT molecular complexity index is 329. The summed E-state index contributed by atoms with van der Waals surface area (Å²) in [4.78, 5) is 24.4. The van der Waals surface area contributed by atoms with Crippen LogP contribution < -0.4 is 21.2 Å². The van der Waals surface area contributed by atoms with Crippen LogP contribution in [0.25, 0.3) is 0 Å². The molecule has 0 saturated heterocycles. The molecule has 0 aliphatic rings. The molecule has 0 aliphatic heterocycles. The zero-order valence-corrected chi connectivity index (χ0v) is 10.1. The third-order valence-corrected chi connectivity index (χ3v) is 3.28. The second-order valence-electron chi connectivity index (χ2n) is 2.54. The standard InChI is InChI=1S/C10H10IO3/c1-11-9(12)7-4-3-5-8(6-7)10(13)14-2/h3-6H,1-2H3/q-1. The van der Waals surface area contributed by atoms with Crippen LogP contribution in [0, 0.1) is 0 Å². The molecule has 1 aromatic carbocycles. The van der Waals surface area contributed by atoms with E-state index < -0.39 is 27.2 Å². The number of halogens is 1. The quantitative estimate of drug-likeness (QED) is 0.290. The summed E-state index contributed by atoms with van der Waals surface area (Å²) < 4.78 is 4.70. The van der Waals surface area contributed by atoms with Crippen molar-refractivity contribution in [2.24, 2.45) is 0 Å². The molecule has 0 fully saturated rings. The van der Waals surface area contributed by atoms with Gasteiger partial charge in [0.2, 0.25) is 0 Å². The van der Waals surface area contributed by atoms with Crippen LogP contribution in [0.2, 0.25) is 0 Å². The molecule has 0 atom stereocenters. The third-order valence-electron chi connectivity index (χ3n) is 1.68. The van der Waals surface area contributed by atoms with Crippen molar-refractivity contribution in [1.29, 1.82) is 0 Å². The van der Waals surface area contributed by atoms with Crippen molar-refractivity contribution in [2.45, 2.75) is 0 Å². The van der Waals surface area contributed by atoms with Crippen molar-refractivity contribution in [3.63, 3.8) is 0 Å². The van der Waals surface area contributed by atoms with Gasteiger partial charge in [0.25, 0.3) is 0 Å². The number of benzene rings is 1. The number of ether oxygens (including phenoxy) is 1. The van der Waals surface area contributed by atoms with E-state index in [1.165, 1.54) is 7.11 Å². The number of methoxy groups -OCH3 is 1. The Labute approximate surface area is 92.7 Å². The maximum absolute atomic E-state index is 11.4. The topological polar surface area (TPSA) is 43.4 Å². The first kappa shape index (κ1) is 11.2. The zero-order chi connectivity index (χ0) is 10.6. The molecule has 1 aromatic rings. The molecular weight excluding hydrogens is 295 g/mol. The molecule has 76 valence electrons. The predicted molar refractivity (Wildman–Crippen MR) is 48.0 cm³/mol.